The van der Waals surface area contributed by atoms with Crippen molar-refractivity contribution in [1.82, 2.24) is 9.80 Å². The van der Waals surface area contributed by atoms with Gasteiger partial charge in [-0.15, -0.1) is 0 Å². The molecule has 0 atom stereocenters. The second-order valence-electron chi connectivity index (χ2n) is 23.2. The zero-order valence-corrected chi connectivity index (χ0v) is 41.7. The van der Waals surface area contributed by atoms with Gasteiger partial charge in [0.05, 0.1) is 0 Å². The van der Waals surface area contributed by atoms with E-state index in [0.717, 1.165) is 77.9 Å². The van der Waals surface area contributed by atoms with Gasteiger partial charge < -0.3 is 20.4 Å². The maximum Gasteiger partial charge on any atom is 0.123 e. The summed E-state index contributed by atoms with van der Waals surface area (Å²) in [5.41, 5.74) is 12.0. The third kappa shape index (κ3) is 11.3. The topological polar surface area (TPSA) is 87.4 Å². The number of rotatable bonds is 4. The van der Waals surface area contributed by atoms with Gasteiger partial charge in [0.25, 0.3) is 0 Å². The van der Waals surface area contributed by atoms with Gasteiger partial charge in [-0.1, -0.05) is 192 Å². The molecular formula is C60H74N2O4. The molecule has 0 spiro atoms. The van der Waals surface area contributed by atoms with Crippen molar-refractivity contribution in [2.45, 2.75) is 157 Å². The van der Waals surface area contributed by atoms with Crippen LogP contribution >= 0.6 is 0 Å². The van der Waals surface area contributed by atoms with Gasteiger partial charge in [0.1, 0.15) is 23.0 Å². The average molecular weight is 887 g/mol. The van der Waals surface area contributed by atoms with Crippen LogP contribution in [0.4, 0.5) is 0 Å². The Balaban J connectivity index is 1.51. The Morgan fingerprint density at radius 3 is 0.758 bits per heavy atom. The Bertz CT molecular complexity index is 2340. The van der Waals surface area contributed by atoms with Crippen LogP contribution in [0.2, 0.25) is 0 Å². The maximum absolute atomic E-state index is 12.5. The predicted molar refractivity (Wildman–Crippen MR) is 272 cm³/mol. The van der Waals surface area contributed by atoms with Gasteiger partial charge in [-0.2, -0.15) is 0 Å². The third-order valence-electron chi connectivity index (χ3n) is 13.4. The van der Waals surface area contributed by atoms with Crippen LogP contribution in [0.1, 0.15) is 161 Å². The molecule has 1 aliphatic rings. The summed E-state index contributed by atoms with van der Waals surface area (Å²) in [5.74, 6) is 0.890. The van der Waals surface area contributed by atoms with E-state index >= 15 is 0 Å². The zero-order chi connectivity index (χ0) is 47.9. The fraction of sp³-hybridized carbons (Fsp3) is 0.400. The van der Waals surface area contributed by atoms with Crippen molar-refractivity contribution in [1.29, 1.82) is 0 Å². The van der Waals surface area contributed by atoms with Gasteiger partial charge in [0.15, 0.2) is 0 Å². The molecule has 0 unspecified atom stereocenters. The quantitative estimate of drug-likeness (QED) is 0.141. The minimum atomic E-state index is -0.226. The highest BCUT2D eigenvalue weighted by molar-refractivity contribution is 5.55. The summed E-state index contributed by atoms with van der Waals surface area (Å²) in [6.07, 6.45) is 0.664. The van der Waals surface area contributed by atoms with Crippen molar-refractivity contribution < 1.29 is 20.4 Å². The first-order chi connectivity index (χ1) is 30.8. The van der Waals surface area contributed by atoms with E-state index in [2.05, 4.69) is 166 Å². The van der Waals surface area contributed by atoms with Crippen molar-refractivity contribution in [2.75, 3.05) is 0 Å². The van der Waals surface area contributed by atoms with Gasteiger partial charge in [-0.05, 0) is 77.3 Å². The van der Waals surface area contributed by atoms with Gasteiger partial charge in [-0.25, -0.2) is 0 Å². The second-order valence-corrected chi connectivity index (χ2v) is 23.2. The van der Waals surface area contributed by atoms with Gasteiger partial charge >= 0.3 is 0 Å². The highest BCUT2D eigenvalue weighted by atomic mass is 16.3. The number of nitrogens with zero attached hydrogens (tertiary/aromatic N) is 2. The number of phenols is 4. The summed E-state index contributed by atoms with van der Waals surface area (Å²) in [7, 11) is 0. The van der Waals surface area contributed by atoms with E-state index in [1.165, 1.54) is 0 Å². The van der Waals surface area contributed by atoms with E-state index in [9.17, 15) is 20.4 Å². The Morgan fingerprint density at radius 1 is 0.333 bits per heavy atom. The molecule has 8 bridgehead atoms. The molecule has 0 radical (unpaired) electrons. The molecule has 6 heteroatoms. The lowest BCUT2D eigenvalue weighted by atomic mass is 9.81. The maximum atomic E-state index is 12.5. The molecule has 6 nitrogen and oxygen atoms in total. The summed E-state index contributed by atoms with van der Waals surface area (Å²) in [5, 5.41) is 49.9. The first kappa shape index (κ1) is 48.4. The number of fused-ring (bicyclic) bond motifs is 8. The number of benzene rings is 6. The molecule has 0 aromatic heterocycles. The Morgan fingerprint density at radius 2 is 0.545 bits per heavy atom. The fourth-order valence-electron chi connectivity index (χ4n) is 9.19. The van der Waals surface area contributed by atoms with Crippen molar-refractivity contribution in [3.8, 4) is 23.0 Å². The molecule has 0 fully saturated rings. The smallest absolute Gasteiger partial charge is 0.123 e. The highest BCUT2D eigenvalue weighted by Crippen LogP contribution is 2.41. The lowest BCUT2D eigenvalue weighted by molar-refractivity contribution is 0.240. The average Bonchev–Trinajstić information content (AvgIpc) is 3.22. The number of hydrogen-bond donors (Lipinski definition) is 4. The van der Waals surface area contributed by atoms with Crippen LogP contribution in [-0.2, 0) is 73.8 Å². The summed E-state index contributed by atoms with van der Waals surface area (Å²) >= 11 is 0. The molecule has 0 saturated carbocycles. The van der Waals surface area contributed by atoms with Crippen LogP contribution < -0.4 is 0 Å². The first-order valence-electron chi connectivity index (χ1n) is 23.8. The molecule has 6 aromatic carbocycles. The second kappa shape index (κ2) is 18.6. The summed E-state index contributed by atoms with van der Waals surface area (Å²) in [6, 6.07) is 37.7. The first-order valence-corrected chi connectivity index (χ1v) is 23.8. The highest BCUT2D eigenvalue weighted by Gasteiger charge is 2.28. The van der Waals surface area contributed by atoms with Gasteiger partial charge in [0.2, 0.25) is 0 Å². The SMILES string of the molecule is CC(C)(C)c1cc2c(O)c(c1)CN(Cc1ccccc1)Cc1cc(C(C)(C)C)cc(c1O)Cc1cc(C(C)(C)C)cc(c1O)CN(Cc1ccccc1)Cc1cc(C(C)(C)C)cc(c1O)C2. The van der Waals surface area contributed by atoms with Crippen LogP contribution in [0, 0.1) is 0 Å². The molecule has 0 amide bonds. The minimum Gasteiger partial charge on any atom is -0.507 e. The van der Waals surface area contributed by atoms with Gasteiger partial charge in [0, 0.05) is 74.4 Å². The van der Waals surface area contributed by atoms with Crippen molar-refractivity contribution >= 4 is 0 Å². The Hall–Kier alpha value is -5.56. The van der Waals surface area contributed by atoms with E-state index in [1.807, 2.05) is 36.4 Å². The molecule has 1 heterocycles. The monoisotopic (exact) mass is 887 g/mol. The van der Waals surface area contributed by atoms with Crippen molar-refractivity contribution in [3.63, 3.8) is 0 Å². The van der Waals surface area contributed by atoms with E-state index in [0.29, 0.717) is 52.1 Å². The predicted octanol–water partition coefficient (Wildman–Crippen LogP) is 13.6. The molecule has 7 rings (SSSR count). The standard InChI is InChI=1S/C60H74N2O4/c1-57(2,3)49-25-41-23-42-26-50(58(4,5)6)31-47(54(42)64)37-62(34-40-21-17-14-18-22-40)38-48-32-52(60(10,11)12)28-44(56(48)66)24-43-27-51(59(7,8)9)30-46(55(43)65)36-61(35-45(29-49)53(41)63)33-39-19-15-13-16-20-39/h13-22,25-32,63-66H,23-24,33-38H2,1-12H3. The minimum absolute atomic E-state index is 0.222. The largest absolute Gasteiger partial charge is 0.507 e. The molecule has 4 N–H and O–H groups in total. The summed E-state index contributed by atoms with van der Waals surface area (Å²) < 4.78 is 0. The molecule has 0 saturated heterocycles. The van der Waals surface area contributed by atoms with E-state index in [-0.39, 0.29) is 44.7 Å². The molecule has 0 aliphatic carbocycles. The summed E-state index contributed by atoms with van der Waals surface area (Å²) in [6.45, 7) is 29.2. The Kier molecular flexibility index (Phi) is 13.6. The number of phenolic OH excluding ortho intramolecular Hbond substituents is 4. The van der Waals surface area contributed by atoms with Crippen LogP contribution in [0.3, 0.4) is 0 Å². The van der Waals surface area contributed by atoms with Crippen molar-refractivity contribution in [3.05, 3.63) is 187 Å². The normalized spacial score (nSPS) is 14.8. The Labute approximate surface area is 395 Å². The van der Waals surface area contributed by atoms with Crippen LogP contribution in [0.15, 0.2) is 109 Å². The molecular weight excluding hydrogens is 813 g/mol. The van der Waals surface area contributed by atoms with E-state index in [4.69, 9.17) is 0 Å². The molecule has 348 valence electrons. The van der Waals surface area contributed by atoms with E-state index < -0.39 is 0 Å². The number of hydrogen-bond acceptors (Lipinski definition) is 6. The fourth-order valence-corrected chi connectivity index (χ4v) is 9.19. The molecule has 66 heavy (non-hydrogen) atoms. The van der Waals surface area contributed by atoms with Gasteiger partial charge in [-0.3, -0.25) is 9.80 Å². The molecule has 1 aliphatic heterocycles. The van der Waals surface area contributed by atoms with Crippen molar-refractivity contribution in [2.24, 2.45) is 0 Å². The zero-order valence-electron chi connectivity index (χ0n) is 41.7. The lowest BCUT2D eigenvalue weighted by Crippen LogP contribution is -2.24. The summed E-state index contributed by atoms with van der Waals surface area (Å²) in [4.78, 5) is 4.61. The van der Waals surface area contributed by atoms with E-state index in [1.54, 1.807) is 0 Å². The third-order valence-corrected chi connectivity index (χ3v) is 13.4. The van der Waals surface area contributed by atoms with Crippen LogP contribution in [-0.4, -0.2) is 30.2 Å². The van der Waals surface area contributed by atoms with Crippen LogP contribution in [0.5, 0.6) is 23.0 Å². The van der Waals surface area contributed by atoms with Crippen LogP contribution in [0.25, 0.3) is 0 Å². The lowest BCUT2D eigenvalue weighted by Gasteiger charge is -2.30. The molecule has 6 aromatic rings. The number of aromatic hydroxyl groups is 4.